The van der Waals surface area contributed by atoms with E-state index >= 15 is 0 Å². The first kappa shape index (κ1) is 11.9. The van der Waals surface area contributed by atoms with E-state index in [2.05, 4.69) is 11.8 Å². The van der Waals surface area contributed by atoms with Crippen molar-refractivity contribution in [1.82, 2.24) is 4.90 Å². The first-order valence-corrected chi connectivity index (χ1v) is 5.71. The van der Waals surface area contributed by atoms with E-state index in [4.69, 9.17) is 22.7 Å². The molecule has 2 N–H and O–H groups in total. The second kappa shape index (κ2) is 6.32. The highest BCUT2D eigenvalue weighted by Gasteiger charge is 2.17. The molecule has 1 saturated heterocycles. The van der Waals surface area contributed by atoms with Crippen LogP contribution in [0.25, 0.3) is 0 Å². The minimum Gasteiger partial charge on any atom is -0.393 e. The molecule has 82 valence electrons. The Morgan fingerprint density at radius 2 is 2.36 bits per heavy atom. The Bertz CT molecular complexity index is 187. The van der Waals surface area contributed by atoms with Gasteiger partial charge in [-0.2, -0.15) is 0 Å². The molecule has 3 nitrogen and oxygen atoms in total. The summed E-state index contributed by atoms with van der Waals surface area (Å²) in [6.45, 7) is 6.17. The van der Waals surface area contributed by atoms with Gasteiger partial charge >= 0.3 is 0 Å². The van der Waals surface area contributed by atoms with Crippen molar-refractivity contribution in [2.45, 2.75) is 32.2 Å². The summed E-state index contributed by atoms with van der Waals surface area (Å²) in [7, 11) is 0. The summed E-state index contributed by atoms with van der Waals surface area (Å²) < 4.78 is 5.37. The molecule has 1 atom stereocenters. The van der Waals surface area contributed by atoms with Crippen molar-refractivity contribution >= 4 is 17.2 Å². The van der Waals surface area contributed by atoms with Gasteiger partial charge in [0.1, 0.15) is 0 Å². The maximum absolute atomic E-state index is 5.44. The number of hydrogen-bond donors (Lipinski definition) is 1. The predicted molar refractivity (Wildman–Crippen MR) is 62.5 cm³/mol. The van der Waals surface area contributed by atoms with Crippen LogP contribution in [0.15, 0.2) is 0 Å². The first-order chi connectivity index (χ1) is 6.70. The van der Waals surface area contributed by atoms with Gasteiger partial charge in [-0.15, -0.1) is 0 Å². The predicted octanol–water partition coefficient (Wildman–Crippen LogP) is 1.16. The van der Waals surface area contributed by atoms with Crippen LogP contribution in [-0.2, 0) is 4.74 Å². The zero-order chi connectivity index (χ0) is 10.4. The maximum atomic E-state index is 5.44. The SMILES string of the molecule is CC1COCCN1CCCCC(N)=S. The molecule has 0 radical (unpaired) electrons. The van der Waals surface area contributed by atoms with Crippen molar-refractivity contribution in [1.29, 1.82) is 0 Å². The van der Waals surface area contributed by atoms with Crippen molar-refractivity contribution in [2.75, 3.05) is 26.3 Å². The van der Waals surface area contributed by atoms with E-state index in [1.165, 1.54) is 6.42 Å². The molecular weight excluding hydrogens is 196 g/mol. The van der Waals surface area contributed by atoms with E-state index in [1.54, 1.807) is 0 Å². The lowest BCUT2D eigenvalue weighted by Crippen LogP contribution is -2.43. The fraction of sp³-hybridized carbons (Fsp3) is 0.900. The number of hydrogen-bond acceptors (Lipinski definition) is 3. The summed E-state index contributed by atoms with van der Waals surface area (Å²) in [6.07, 6.45) is 3.18. The highest BCUT2D eigenvalue weighted by Crippen LogP contribution is 2.08. The maximum Gasteiger partial charge on any atom is 0.0727 e. The highest BCUT2D eigenvalue weighted by atomic mass is 32.1. The van der Waals surface area contributed by atoms with Gasteiger partial charge in [0.2, 0.25) is 0 Å². The van der Waals surface area contributed by atoms with Gasteiger partial charge < -0.3 is 10.5 Å². The quantitative estimate of drug-likeness (QED) is 0.553. The van der Waals surface area contributed by atoms with Gasteiger partial charge in [0.15, 0.2) is 0 Å². The Morgan fingerprint density at radius 3 is 3.00 bits per heavy atom. The van der Waals surface area contributed by atoms with Crippen LogP contribution in [0.3, 0.4) is 0 Å². The summed E-state index contributed by atoms with van der Waals surface area (Å²) in [5.41, 5.74) is 5.44. The van der Waals surface area contributed by atoms with Crippen LogP contribution in [0.5, 0.6) is 0 Å². The van der Waals surface area contributed by atoms with Crippen molar-refractivity contribution in [3.8, 4) is 0 Å². The topological polar surface area (TPSA) is 38.5 Å². The lowest BCUT2D eigenvalue weighted by molar-refractivity contribution is -0.000792. The zero-order valence-corrected chi connectivity index (χ0v) is 9.68. The molecule has 0 spiro atoms. The number of unbranched alkanes of at least 4 members (excludes halogenated alkanes) is 1. The fourth-order valence-electron chi connectivity index (χ4n) is 1.71. The minimum absolute atomic E-state index is 0.563. The molecule has 4 heteroatoms. The van der Waals surface area contributed by atoms with Gasteiger partial charge in [-0.1, -0.05) is 12.2 Å². The number of nitrogens with zero attached hydrogens (tertiary/aromatic N) is 1. The van der Waals surface area contributed by atoms with E-state index in [0.717, 1.165) is 39.1 Å². The number of ether oxygens (including phenoxy) is 1. The Hall–Kier alpha value is -0.190. The fourth-order valence-corrected chi connectivity index (χ4v) is 1.85. The molecule has 1 rings (SSSR count). The lowest BCUT2D eigenvalue weighted by atomic mass is 10.2. The van der Waals surface area contributed by atoms with Crippen molar-refractivity contribution in [2.24, 2.45) is 5.73 Å². The van der Waals surface area contributed by atoms with Gasteiger partial charge in [0.25, 0.3) is 0 Å². The molecule has 0 saturated carbocycles. The van der Waals surface area contributed by atoms with Crippen molar-refractivity contribution in [3.05, 3.63) is 0 Å². The van der Waals surface area contributed by atoms with Crippen LogP contribution in [0.2, 0.25) is 0 Å². The molecule has 14 heavy (non-hydrogen) atoms. The van der Waals surface area contributed by atoms with Crippen LogP contribution < -0.4 is 5.73 Å². The molecule has 1 unspecified atom stereocenters. The van der Waals surface area contributed by atoms with Crippen LogP contribution in [0.1, 0.15) is 26.2 Å². The Labute approximate surface area is 91.6 Å². The number of rotatable bonds is 5. The summed E-state index contributed by atoms with van der Waals surface area (Å²) in [5.74, 6) is 0. The van der Waals surface area contributed by atoms with Gasteiger partial charge in [-0.3, -0.25) is 4.90 Å². The Kier molecular flexibility index (Phi) is 5.37. The summed E-state index contributed by atoms with van der Waals surface area (Å²) in [6, 6.07) is 0.563. The Balaban J connectivity index is 2.07. The van der Waals surface area contributed by atoms with E-state index in [1.807, 2.05) is 0 Å². The standard InChI is InChI=1S/C10H20N2OS/c1-9-8-13-7-6-12(9)5-3-2-4-10(11)14/h9H,2-8H2,1H3,(H2,11,14). The smallest absolute Gasteiger partial charge is 0.0727 e. The van der Waals surface area contributed by atoms with Crippen molar-refractivity contribution in [3.63, 3.8) is 0 Å². The minimum atomic E-state index is 0.563. The number of nitrogens with two attached hydrogens (primary N) is 1. The monoisotopic (exact) mass is 216 g/mol. The molecule has 1 aliphatic rings. The van der Waals surface area contributed by atoms with E-state index in [-0.39, 0.29) is 0 Å². The molecule has 0 aliphatic carbocycles. The number of morpholine rings is 1. The van der Waals surface area contributed by atoms with Crippen LogP contribution in [0.4, 0.5) is 0 Å². The molecule has 0 aromatic rings. The third kappa shape index (κ3) is 4.35. The van der Waals surface area contributed by atoms with Gasteiger partial charge in [0.05, 0.1) is 18.2 Å². The zero-order valence-electron chi connectivity index (χ0n) is 8.87. The largest absolute Gasteiger partial charge is 0.393 e. The number of thiocarbonyl (C=S) groups is 1. The molecule has 0 aromatic carbocycles. The van der Waals surface area contributed by atoms with Gasteiger partial charge in [0, 0.05) is 12.6 Å². The molecule has 1 aliphatic heterocycles. The van der Waals surface area contributed by atoms with Crippen LogP contribution in [0, 0.1) is 0 Å². The molecule has 1 fully saturated rings. The van der Waals surface area contributed by atoms with E-state index < -0.39 is 0 Å². The van der Waals surface area contributed by atoms with Gasteiger partial charge in [-0.05, 0) is 32.7 Å². The summed E-state index contributed by atoms with van der Waals surface area (Å²) in [4.78, 5) is 3.11. The molecular formula is C10H20N2OS. The molecule has 0 aromatic heterocycles. The average Bonchev–Trinajstić information content (AvgIpc) is 2.15. The molecule has 1 heterocycles. The van der Waals surface area contributed by atoms with Crippen LogP contribution in [-0.4, -0.2) is 42.2 Å². The first-order valence-electron chi connectivity index (χ1n) is 5.30. The Morgan fingerprint density at radius 1 is 1.57 bits per heavy atom. The average molecular weight is 216 g/mol. The highest BCUT2D eigenvalue weighted by molar-refractivity contribution is 7.80. The molecule has 0 bridgehead atoms. The van der Waals surface area contributed by atoms with E-state index in [9.17, 15) is 0 Å². The summed E-state index contributed by atoms with van der Waals surface area (Å²) in [5, 5.41) is 0. The third-order valence-corrected chi connectivity index (χ3v) is 2.83. The van der Waals surface area contributed by atoms with E-state index in [0.29, 0.717) is 11.0 Å². The lowest BCUT2D eigenvalue weighted by Gasteiger charge is -2.33. The normalized spacial score (nSPS) is 23.6. The second-order valence-electron chi connectivity index (χ2n) is 3.88. The third-order valence-electron chi connectivity index (χ3n) is 2.62. The second-order valence-corrected chi connectivity index (χ2v) is 4.41. The molecule has 0 amide bonds. The van der Waals surface area contributed by atoms with Gasteiger partial charge in [-0.25, -0.2) is 0 Å². The van der Waals surface area contributed by atoms with Crippen molar-refractivity contribution < 1.29 is 4.74 Å². The van der Waals surface area contributed by atoms with Crippen LogP contribution >= 0.6 is 12.2 Å². The summed E-state index contributed by atoms with van der Waals surface area (Å²) >= 11 is 4.83.